The van der Waals surface area contributed by atoms with E-state index in [1.54, 1.807) is 42.5 Å². The highest BCUT2D eigenvalue weighted by Gasteiger charge is 2.02. The van der Waals surface area contributed by atoms with E-state index in [1.165, 1.54) is 6.21 Å². The fourth-order valence-electron chi connectivity index (χ4n) is 1.42. The topological polar surface area (TPSA) is 61.7 Å². The molecule has 0 aliphatic carbocycles. The van der Waals surface area contributed by atoms with Crippen LogP contribution in [0.3, 0.4) is 0 Å². The third kappa shape index (κ3) is 3.66. The average Bonchev–Trinajstić information content (AvgIpc) is 2.43. The Balaban J connectivity index is 2.00. The quantitative estimate of drug-likeness (QED) is 0.675. The van der Waals surface area contributed by atoms with Crippen LogP contribution in [0, 0.1) is 0 Å². The van der Waals surface area contributed by atoms with E-state index < -0.39 is 0 Å². The van der Waals surface area contributed by atoms with Crippen molar-refractivity contribution in [2.45, 2.75) is 0 Å². The van der Waals surface area contributed by atoms with E-state index in [1.807, 2.05) is 6.07 Å². The summed E-state index contributed by atoms with van der Waals surface area (Å²) in [5.74, 6) is -0.111. The first kappa shape index (κ1) is 13.3. The van der Waals surface area contributed by atoms with E-state index in [0.29, 0.717) is 10.0 Å². The molecule has 2 aromatic carbocycles. The maximum absolute atomic E-state index is 11.7. The van der Waals surface area contributed by atoms with Crippen LogP contribution in [0.2, 0.25) is 0 Å². The summed E-state index contributed by atoms with van der Waals surface area (Å²) in [6, 6.07) is 13.8. The minimum absolute atomic E-state index is 0.158. The molecular formula is C14H11BrN2O2. The van der Waals surface area contributed by atoms with Gasteiger partial charge in [0, 0.05) is 5.56 Å². The number of nitrogens with zero attached hydrogens (tertiary/aromatic N) is 1. The zero-order valence-corrected chi connectivity index (χ0v) is 11.5. The van der Waals surface area contributed by atoms with Crippen LogP contribution in [0.5, 0.6) is 5.75 Å². The molecule has 0 aromatic heterocycles. The Hall–Kier alpha value is -2.14. The molecule has 5 heteroatoms. The number of hydrazone groups is 1. The predicted octanol–water partition coefficient (Wildman–Crippen LogP) is 2.92. The summed E-state index contributed by atoms with van der Waals surface area (Å²) < 4.78 is 0.575. The van der Waals surface area contributed by atoms with Gasteiger partial charge in [-0.05, 0) is 51.8 Å². The fraction of sp³-hybridized carbons (Fsp3) is 0. The summed E-state index contributed by atoms with van der Waals surface area (Å²) in [6.45, 7) is 0. The van der Waals surface area contributed by atoms with Crippen molar-refractivity contribution in [2.75, 3.05) is 0 Å². The van der Waals surface area contributed by atoms with Crippen molar-refractivity contribution in [1.29, 1.82) is 0 Å². The van der Waals surface area contributed by atoms with E-state index in [9.17, 15) is 9.90 Å². The first-order chi connectivity index (χ1) is 9.16. The number of amides is 1. The lowest BCUT2D eigenvalue weighted by Gasteiger charge is -2.00. The molecule has 4 nitrogen and oxygen atoms in total. The second-order valence-corrected chi connectivity index (χ2v) is 4.63. The van der Waals surface area contributed by atoms with Gasteiger partial charge < -0.3 is 5.11 Å². The predicted molar refractivity (Wildman–Crippen MR) is 77.3 cm³/mol. The van der Waals surface area contributed by atoms with Gasteiger partial charge in [-0.2, -0.15) is 5.10 Å². The lowest BCUT2D eigenvalue weighted by molar-refractivity contribution is 0.0955. The van der Waals surface area contributed by atoms with E-state index in [4.69, 9.17) is 0 Å². The third-order valence-electron chi connectivity index (χ3n) is 2.39. The maximum atomic E-state index is 11.7. The second-order valence-electron chi connectivity index (χ2n) is 3.78. The zero-order chi connectivity index (χ0) is 13.7. The molecule has 2 rings (SSSR count). The molecule has 0 aliphatic rings. The van der Waals surface area contributed by atoms with Gasteiger partial charge >= 0.3 is 0 Å². The molecule has 0 spiro atoms. The third-order valence-corrected chi connectivity index (χ3v) is 3.02. The average molecular weight is 319 g/mol. The lowest BCUT2D eigenvalue weighted by atomic mass is 10.2. The minimum atomic E-state index is -0.269. The Labute approximate surface area is 118 Å². The normalized spacial score (nSPS) is 10.6. The van der Waals surface area contributed by atoms with Crippen molar-refractivity contribution in [3.05, 3.63) is 64.1 Å². The number of carbonyl (C=O) groups excluding carboxylic acids is 1. The standard InChI is InChI=1S/C14H11BrN2O2/c15-12-8-10(6-7-13(12)18)9-16-17-14(19)11-4-2-1-3-5-11/h1-9,18H,(H,17,19). The van der Waals surface area contributed by atoms with Crippen LogP contribution in [-0.2, 0) is 0 Å². The van der Waals surface area contributed by atoms with Gasteiger partial charge in [0.1, 0.15) is 5.75 Å². The molecule has 0 bridgehead atoms. The first-order valence-corrected chi connectivity index (χ1v) is 6.33. The largest absolute Gasteiger partial charge is 0.507 e. The molecule has 0 atom stereocenters. The highest BCUT2D eigenvalue weighted by molar-refractivity contribution is 9.10. The number of rotatable bonds is 3. The number of hydrogen-bond donors (Lipinski definition) is 2. The number of nitrogens with one attached hydrogen (secondary N) is 1. The fourth-order valence-corrected chi connectivity index (χ4v) is 1.82. The van der Waals surface area contributed by atoms with Gasteiger partial charge in [-0.3, -0.25) is 4.79 Å². The summed E-state index contributed by atoms with van der Waals surface area (Å²) in [6.07, 6.45) is 1.50. The molecule has 0 heterocycles. The van der Waals surface area contributed by atoms with Crippen molar-refractivity contribution in [1.82, 2.24) is 5.43 Å². The van der Waals surface area contributed by atoms with Crippen LogP contribution >= 0.6 is 15.9 Å². The molecule has 19 heavy (non-hydrogen) atoms. The zero-order valence-electron chi connectivity index (χ0n) is 9.88. The number of phenolic OH excluding ortho intramolecular Hbond substituents is 1. The van der Waals surface area contributed by atoms with Crippen LogP contribution in [0.1, 0.15) is 15.9 Å². The molecular weight excluding hydrogens is 308 g/mol. The summed E-state index contributed by atoms with van der Waals surface area (Å²) >= 11 is 3.20. The Bertz CT molecular complexity index is 612. The van der Waals surface area contributed by atoms with Crippen molar-refractivity contribution in [3.8, 4) is 5.75 Å². The highest BCUT2D eigenvalue weighted by atomic mass is 79.9. The molecule has 0 saturated carbocycles. The Kier molecular flexibility index (Phi) is 4.30. The van der Waals surface area contributed by atoms with Crippen molar-refractivity contribution < 1.29 is 9.90 Å². The second kappa shape index (κ2) is 6.15. The van der Waals surface area contributed by atoms with E-state index >= 15 is 0 Å². The molecule has 2 N–H and O–H groups in total. The van der Waals surface area contributed by atoms with Crippen molar-refractivity contribution in [3.63, 3.8) is 0 Å². The Morgan fingerprint density at radius 2 is 1.95 bits per heavy atom. The van der Waals surface area contributed by atoms with E-state index in [2.05, 4.69) is 26.5 Å². The van der Waals surface area contributed by atoms with Crippen LogP contribution in [0.15, 0.2) is 58.1 Å². The molecule has 2 aromatic rings. The number of aromatic hydroxyl groups is 1. The van der Waals surface area contributed by atoms with Gasteiger partial charge in [0.15, 0.2) is 0 Å². The summed E-state index contributed by atoms with van der Waals surface area (Å²) in [7, 11) is 0. The monoisotopic (exact) mass is 318 g/mol. The SMILES string of the molecule is O=C(NN=Cc1ccc(O)c(Br)c1)c1ccccc1. The summed E-state index contributed by atoms with van der Waals surface area (Å²) in [4.78, 5) is 11.7. The summed E-state index contributed by atoms with van der Waals surface area (Å²) in [5, 5.41) is 13.2. The Morgan fingerprint density at radius 1 is 1.21 bits per heavy atom. The number of phenols is 1. The van der Waals surface area contributed by atoms with Crippen LogP contribution < -0.4 is 5.43 Å². The number of halogens is 1. The smallest absolute Gasteiger partial charge is 0.271 e. The van der Waals surface area contributed by atoms with Gasteiger partial charge in [0.05, 0.1) is 10.7 Å². The Morgan fingerprint density at radius 3 is 2.63 bits per heavy atom. The van der Waals surface area contributed by atoms with Crippen molar-refractivity contribution >= 4 is 28.1 Å². The van der Waals surface area contributed by atoms with Crippen molar-refractivity contribution in [2.24, 2.45) is 5.10 Å². The molecule has 0 aliphatic heterocycles. The van der Waals surface area contributed by atoms with Gasteiger partial charge in [0.2, 0.25) is 0 Å². The number of carbonyl (C=O) groups is 1. The van der Waals surface area contributed by atoms with Crippen LogP contribution in [0.4, 0.5) is 0 Å². The molecule has 0 unspecified atom stereocenters. The highest BCUT2D eigenvalue weighted by Crippen LogP contribution is 2.23. The molecule has 0 radical (unpaired) electrons. The van der Waals surface area contributed by atoms with Gasteiger partial charge in [0.25, 0.3) is 5.91 Å². The lowest BCUT2D eigenvalue weighted by Crippen LogP contribution is -2.17. The van der Waals surface area contributed by atoms with Crippen LogP contribution in [-0.4, -0.2) is 17.2 Å². The first-order valence-electron chi connectivity index (χ1n) is 5.54. The molecule has 0 saturated heterocycles. The van der Waals surface area contributed by atoms with Gasteiger partial charge in [-0.15, -0.1) is 0 Å². The number of benzene rings is 2. The number of hydrogen-bond acceptors (Lipinski definition) is 3. The molecule has 96 valence electrons. The van der Waals surface area contributed by atoms with E-state index in [0.717, 1.165) is 5.56 Å². The summed E-state index contributed by atoms with van der Waals surface area (Å²) in [5.41, 5.74) is 3.74. The van der Waals surface area contributed by atoms with Gasteiger partial charge in [-0.1, -0.05) is 18.2 Å². The maximum Gasteiger partial charge on any atom is 0.271 e. The van der Waals surface area contributed by atoms with E-state index in [-0.39, 0.29) is 11.7 Å². The molecule has 0 fully saturated rings. The minimum Gasteiger partial charge on any atom is -0.507 e. The van der Waals surface area contributed by atoms with Crippen LogP contribution in [0.25, 0.3) is 0 Å². The molecule has 1 amide bonds. The van der Waals surface area contributed by atoms with Gasteiger partial charge in [-0.25, -0.2) is 5.43 Å².